The van der Waals surface area contributed by atoms with Crippen molar-refractivity contribution >= 4 is 10.0 Å². The zero-order valence-electron chi connectivity index (χ0n) is 10.9. The molecule has 0 bridgehead atoms. The molecule has 0 aliphatic heterocycles. The van der Waals surface area contributed by atoms with Crippen LogP contribution in [0.3, 0.4) is 0 Å². The van der Waals surface area contributed by atoms with Gasteiger partial charge in [0.15, 0.2) is 0 Å². The molecule has 1 aliphatic rings. The van der Waals surface area contributed by atoms with Gasteiger partial charge in [0, 0.05) is 20.1 Å². The van der Waals surface area contributed by atoms with Gasteiger partial charge in [-0.25, -0.2) is 12.7 Å². The lowest BCUT2D eigenvalue weighted by atomic mass is 10.1. The summed E-state index contributed by atoms with van der Waals surface area (Å²) in [5.41, 5.74) is 7.27. The molecule has 0 aromatic heterocycles. The van der Waals surface area contributed by atoms with E-state index in [-0.39, 0.29) is 0 Å². The molecule has 1 saturated carbocycles. The molecular formula is C13H20N2O2S. The molecule has 4 nitrogen and oxygen atoms in total. The summed E-state index contributed by atoms with van der Waals surface area (Å²) in [6.07, 6.45) is 2.29. The standard InChI is InChI=1S/C13H20N2O2S/c1-10-7-12(8-14)5-6-13(10)18(16,17)15(2)9-11-3-4-11/h5-7,11H,3-4,8-9,14H2,1-2H3. The van der Waals surface area contributed by atoms with Crippen LogP contribution in [0.4, 0.5) is 0 Å². The Hall–Kier alpha value is -0.910. The fourth-order valence-electron chi connectivity index (χ4n) is 2.06. The molecule has 18 heavy (non-hydrogen) atoms. The fraction of sp³-hybridized carbons (Fsp3) is 0.538. The SMILES string of the molecule is Cc1cc(CN)ccc1S(=O)(=O)N(C)CC1CC1. The molecule has 1 aliphatic carbocycles. The minimum atomic E-state index is -3.36. The first-order valence-corrected chi connectivity index (χ1v) is 7.65. The quantitative estimate of drug-likeness (QED) is 0.880. The van der Waals surface area contributed by atoms with Crippen LogP contribution >= 0.6 is 0 Å². The normalized spacial score (nSPS) is 16.2. The van der Waals surface area contributed by atoms with E-state index in [1.165, 1.54) is 4.31 Å². The molecule has 1 aromatic rings. The average molecular weight is 268 g/mol. The lowest BCUT2D eigenvalue weighted by Crippen LogP contribution is -2.29. The van der Waals surface area contributed by atoms with E-state index in [0.29, 0.717) is 23.9 Å². The molecule has 0 saturated heterocycles. The minimum absolute atomic E-state index is 0.392. The molecule has 100 valence electrons. The zero-order chi connectivity index (χ0) is 13.3. The molecule has 2 N–H and O–H groups in total. The molecule has 0 radical (unpaired) electrons. The number of aryl methyl sites for hydroxylation is 1. The first kappa shape index (κ1) is 13.5. The Morgan fingerprint density at radius 1 is 1.39 bits per heavy atom. The molecule has 0 amide bonds. The molecule has 1 aromatic carbocycles. The van der Waals surface area contributed by atoms with E-state index in [9.17, 15) is 8.42 Å². The van der Waals surface area contributed by atoms with Crippen LogP contribution in [0.1, 0.15) is 24.0 Å². The van der Waals surface area contributed by atoms with Crippen LogP contribution in [0.15, 0.2) is 23.1 Å². The third kappa shape index (κ3) is 2.74. The van der Waals surface area contributed by atoms with Crippen LogP contribution in [0.2, 0.25) is 0 Å². The summed E-state index contributed by atoms with van der Waals surface area (Å²) in [7, 11) is -1.70. The van der Waals surface area contributed by atoms with Gasteiger partial charge in [-0.2, -0.15) is 0 Å². The Bertz CT molecular complexity index is 536. The number of benzene rings is 1. The van der Waals surface area contributed by atoms with E-state index in [1.54, 1.807) is 19.2 Å². The second-order valence-electron chi connectivity index (χ2n) is 5.03. The molecular weight excluding hydrogens is 248 g/mol. The third-order valence-electron chi connectivity index (χ3n) is 3.38. The highest BCUT2D eigenvalue weighted by Gasteiger charge is 2.29. The van der Waals surface area contributed by atoms with E-state index in [1.807, 2.05) is 13.0 Å². The molecule has 0 heterocycles. The fourth-order valence-corrected chi connectivity index (χ4v) is 3.51. The van der Waals surface area contributed by atoms with Crippen molar-refractivity contribution in [1.29, 1.82) is 0 Å². The van der Waals surface area contributed by atoms with Gasteiger partial charge in [0.05, 0.1) is 4.90 Å². The Morgan fingerprint density at radius 3 is 2.56 bits per heavy atom. The lowest BCUT2D eigenvalue weighted by Gasteiger charge is -2.18. The summed E-state index contributed by atoms with van der Waals surface area (Å²) in [5, 5.41) is 0. The molecule has 0 spiro atoms. The van der Waals surface area contributed by atoms with Crippen molar-refractivity contribution in [3.05, 3.63) is 29.3 Å². The zero-order valence-corrected chi connectivity index (χ0v) is 11.7. The summed E-state index contributed by atoms with van der Waals surface area (Å²) in [4.78, 5) is 0.392. The van der Waals surface area contributed by atoms with Crippen LogP contribution < -0.4 is 5.73 Å². The van der Waals surface area contributed by atoms with Crippen molar-refractivity contribution in [1.82, 2.24) is 4.31 Å². The number of hydrogen-bond acceptors (Lipinski definition) is 3. The first-order chi connectivity index (χ1) is 8.45. The number of hydrogen-bond donors (Lipinski definition) is 1. The highest BCUT2D eigenvalue weighted by molar-refractivity contribution is 7.89. The van der Waals surface area contributed by atoms with Crippen molar-refractivity contribution in [2.45, 2.75) is 31.2 Å². The van der Waals surface area contributed by atoms with Crippen molar-refractivity contribution in [2.75, 3.05) is 13.6 Å². The maximum Gasteiger partial charge on any atom is 0.243 e. The predicted octanol–water partition coefficient (Wildman–Crippen LogP) is 1.48. The van der Waals surface area contributed by atoms with Crippen LogP contribution in [-0.4, -0.2) is 26.3 Å². The summed E-state index contributed by atoms with van der Waals surface area (Å²) in [6.45, 7) is 2.87. The summed E-state index contributed by atoms with van der Waals surface area (Å²) >= 11 is 0. The summed E-state index contributed by atoms with van der Waals surface area (Å²) < 4.78 is 26.3. The predicted molar refractivity (Wildman–Crippen MR) is 71.6 cm³/mol. The first-order valence-electron chi connectivity index (χ1n) is 6.21. The Kier molecular flexibility index (Phi) is 3.75. The van der Waals surface area contributed by atoms with Gasteiger partial charge >= 0.3 is 0 Å². The maximum atomic E-state index is 12.4. The summed E-state index contributed by atoms with van der Waals surface area (Å²) in [6, 6.07) is 5.29. The van der Waals surface area contributed by atoms with Crippen molar-refractivity contribution in [2.24, 2.45) is 11.7 Å². The number of sulfonamides is 1. The lowest BCUT2D eigenvalue weighted by molar-refractivity contribution is 0.452. The van der Waals surface area contributed by atoms with Crippen molar-refractivity contribution in [3.8, 4) is 0 Å². The summed E-state index contributed by atoms with van der Waals surface area (Å²) in [5.74, 6) is 0.549. The monoisotopic (exact) mass is 268 g/mol. The van der Waals surface area contributed by atoms with Crippen LogP contribution in [0.25, 0.3) is 0 Å². The van der Waals surface area contributed by atoms with Gasteiger partial charge in [-0.05, 0) is 42.9 Å². The van der Waals surface area contributed by atoms with Gasteiger partial charge in [-0.1, -0.05) is 12.1 Å². The molecule has 0 atom stereocenters. The van der Waals surface area contributed by atoms with Gasteiger partial charge in [-0.15, -0.1) is 0 Å². The largest absolute Gasteiger partial charge is 0.326 e. The van der Waals surface area contributed by atoms with Gasteiger partial charge in [0.2, 0.25) is 10.0 Å². The van der Waals surface area contributed by atoms with E-state index in [0.717, 1.165) is 24.0 Å². The van der Waals surface area contributed by atoms with Crippen molar-refractivity contribution < 1.29 is 8.42 Å². The highest BCUT2D eigenvalue weighted by Crippen LogP contribution is 2.31. The Balaban J connectivity index is 2.28. The number of nitrogens with zero attached hydrogens (tertiary/aromatic N) is 1. The van der Waals surface area contributed by atoms with Gasteiger partial charge in [0.1, 0.15) is 0 Å². The van der Waals surface area contributed by atoms with Crippen LogP contribution in [0, 0.1) is 12.8 Å². The molecule has 2 rings (SSSR count). The van der Waals surface area contributed by atoms with E-state index < -0.39 is 10.0 Å². The van der Waals surface area contributed by atoms with Crippen molar-refractivity contribution in [3.63, 3.8) is 0 Å². The van der Waals surface area contributed by atoms with Gasteiger partial charge in [0.25, 0.3) is 0 Å². The number of nitrogens with two attached hydrogens (primary N) is 1. The molecule has 0 unspecified atom stereocenters. The Labute approximate surface area is 109 Å². The smallest absolute Gasteiger partial charge is 0.243 e. The molecule has 5 heteroatoms. The Morgan fingerprint density at radius 2 is 2.06 bits per heavy atom. The highest BCUT2D eigenvalue weighted by atomic mass is 32.2. The number of rotatable bonds is 5. The molecule has 1 fully saturated rings. The van der Waals surface area contributed by atoms with E-state index >= 15 is 0 Å². The topological polar surface area (TPSA) is 63.4 Å². The maximum absolute atomic E-state index is 12.4. The van der Waals surface area contributed by atoms with E-state index in [2.05, 4.69) is 0 Å². The average Bonchev–Trinajstić information content (AvgIpc) is 3.12. The minimum Gasteiger partial charge on any atom is -0.326 e. The second kappa shape index (κ2) is 4.99. The van der Waals surface area contributed by atoms with Crippen LogP contribution in [0.5, 0.6) is 0 Å². The van der Waals surface area contributed by atoms with Gasteiger partial charge in [-0.3, -0.25) is 0 Å². The van der Waals surface area contributed by atoms with Crippen LogP contribution in [-0.2, 0) is 16.6 Å². The third-order valence-corrected chi connectivity index (χ3v) is 5.36. The van der Waals surface area contributed by atoms with E-state index in [4.69, 9.17) is 5.73 Å². The second-order valence-corrected chi connectivity index (χ2v) is 7.05. The van der Waals surface area contributed by atoms with Gasteiger partial charge < -0.3 is 5.73 Å².